The number of phenolic OH excluding ortho intramolecular Hbond substituents is 2. The Balaban J connectivity index is 1.30. The van der Waals surface area contributed by atoms with Crippen LogP contribution in [0.1, 0.15) is 119 Å². The number of hydrogen-bond acceptors (Lipinski definition) is 2. The molecule has 2 unspecified atom stereocenters. The van der Waals surface area contributed by atoms with Gasteiger partial charge in [0.1, 0.15) is 11.5 Å². The minimum absolute atomic E-state index is 0.436. The molecule has 0 heterocycles. The summed E-state index contributed by atoms with van der Waals surface area (Å²) in [7, 11) is 0. The van der Waals surface area contributed by atoms with E-state index in [1.165, 1.54) is 69.8 Å². The summed E-state index contributed by atoms with van der Waals surface area (Å²) in [6, 6.07) is 6.31. The zero-order valence-electron chi connectivity index (χ0n) is 18.2. The Morgan fingerprint density at radius 1 is 0.724 bits per heavy atom. The number of fused-ring (bicyclic) bond motifs is 6. The molecule has 0 amide bonds. The van der Waals surface area contributed by atoms with Crippen molar-refractivity contribution in [1.29, 1.82) is 0 Å². The fourth-order valence-electron chi connectivity index (χ4n) is 5.84. The first-order valence-corrected chi connectivity index (χ1v) is 12.2. The summed E-state index contributed by atoms with van der Waals surface area (Å²) < 4.78 is 0. The quantitative estimate of drug-likeness (QED) is 0.299. The molecule has 2 nitrogen and oxygen atoms in total. The average molecular weight is 395 g/mol. The standard InChI is InChI=1S/C27H38O2/c1-2-3-4-5-6-7-8-9-10-11-12-19-13-16-22-23(17-19)27(29)25-21-15-14-20(18-21)24(25)26(22)28/h13,16-17,20-21,28-29H,2-12,14-15,18H2,1H3. The first kappa shape index (κ1) is 20.6. The molecule has 158 valence electrons. The lowest BCUT2D eigenvalue weighted by atomic mass is 9.86. The number of phenols is 2. The van der Waals surface area contributed by atoms with Crippen LogP contribution in [0, 0.1) is 0 Å². The molecule has 2 aromatic rings. The molecule has 2 aliphatic rings. The van der Waals surface area contributed by atoms with Gasteiger partial charge in [0.25, 0.3) is 0 Å². The van der Waals surface area contributed by atoms with Crippen molar-refractivity contribution in [2.24, 2.45) is 0 Å². The molecule has 0 aromatic heterocycles. The summed E-state index contributed by atoms with van der Waals surface area (Å²) in [5.41, 5.74) is 3.39. The molecule has 1 fully saturated rings. The van der Waals surface area contributed by atoms with Crippen LogP contribution in [0.2, 0.25) is 0 Å². The van der Waals surface area contributed by atoms with Crippen LogP contribution >= 0.6 is 0 Å². The molecule has 0 spiro atoms. The second kappa shape index (κ2) is 9.41. The van der Waals surface area contributed by atoms with Gasteiger partial charge in [-0.1, -0.05) is 76.8 Å². The SMILES string of the molecule is CCCCCCCCCCCCc1ccc2c(O)c3c(c(O)c2c1)C1CCC3C1. The lowest BCUT2D eigenvalue weighted by Crippen LogP contribution is -2.00. The number of hydrogen-bond donors (Lipinski definition) is 2. The Kier molecular flexibility index (Phi) is 6.67. The number of rotatable bonds is 11. The third-order valence-electron chi connectivity index (χ3n) is 7.46. The molecular formula is C27H38O2. The van der Waals surface area contributed by atoms with E-state index in [0.29, 0.717) is 23.3 Å². The maximum Gasteiger partial charge on any atom is 0.127 e. The predicted molar refractivity (Wildman–Crippen MR) is 122 cm³/mol. The Morgan fingerprint density at radius 3 is 1.90 bits per heavy atom. The van der Waals surface area contributed by atoms with Gasteiger partial charge in [-0.2, -0.15) is 0 Å². The van der Waals surface area contributed by atoms with Crippen LogP contribution in [-0.2, 0) is 6.42 Å². The molecule has 0 radical (unpaired) electrons. The number of benzene rings is 2. The number of aromatic hydroxyl groups is 2. The molecule has 4 rings (SSSR count). The van der Waals surface area contributed by atoms with Gasteiger partial charge in [-0.25, -0.2) is 0 Å². The Bertz CT molecular complexity index is 838. The Labute approximate surface area is 176 Å². The monoisotopic (exact) mass is 394 g/mol. The first-order valence-electron chi connectivity index (χ1n) is 12.2. The van der Waals surface area contributed by atoms with Gasteiger partial charge in [0.2, 0.25) is 0 Å². The fourth-order valence-corrected chi connectivity index (χ4v) is 5.84. The Hall–Kier alpha value is -1.70. The zero-order valence-corrected chi connectivity index (χ0v) is 18.2. The van der Waals surface area contributed by atoms with Crippen molar-refractivity contribution in [3.8, 4) is 11.5 Å². The maximum atomic E-state index is 11.0. The van der Waals surface area contributed by atoms with Gasteiger partial charge in [-0.3, -0.25) is 0 Å². The molecule has 2 heteroatoms. The van der Waals surface area contributed by atoms with E-state index in [1.807, 2.05) is 6.07 Å². The van der Waals surface area contributed by atoms with Crippen molar-refractivity contribution in [1.82, 2.24) is 0 Å². The van der Waals surface area contributed by atoms with Crippen molar-refractivity contribution in [3.63, 3.8) is 0 Å². The summed E-state index contributed by atoms with van der Waals surface area (Å²) in [6.07, 6.45) is 18.0. The van der Waals surface area contributed by atoms with E-state index >= 15 is 0 Å². The molecule has 2 aliphatic carbocycles. The lowest BCUT2D eigenvalue weighted by Gasteiger charge is -2.20. The van der Waals surface area contributed by atoms with Crippen molar-refractivity contribution in [2.75, 3.05) is 0 Å². The minimum Gasteiger partial charge on any atom is -0.507 e. The summed E-state index contributed by atoms with van der Waals surface area (Å²) in [4.78, 5) is 0. The first-order chi connectivity index (χ1) is 14.2. The van der Waals surface area contributed by atoms with Gasteiger partial charge in [0, 0.05) is 21.9 Å². The highest BCUT2D eigenvalue weighted by Crippen LogP contribution is 2.60. The van der Waals surface area contributed by atoms with Crippen molar-refractivity contribution >= 4 is 10.8 Å². The molecule has 1 saturated carbocycles. The molecule has 2 bridgehead atoms. The van der Waals surface area contributed by atoms with Crippen molar-refractivity contribution in [3.05, 3.63) is 34.9 Å². The summed E-state index contributed by atoms with van der Waals surface area (Å²) in [5, 5.41) is 23.5. The third-order valence-corrected chi connectivity index (χ3v) is 7.46. The summed E-state index contributed by atoms with van der Waals surface area (Å²) in [6.45, 7) is 2.27. The van der Waals surface area contributed by atoms with Gasteiger partial charge in [-0.05, 0) is 55.6 Å². The third kappa shape index (κ3) is 4.27. The van der Waals surface area contributed by atoms with Crippen LogP contribution in [-0.4, -0.2) is 10.2 Å². The molecule has 0 saturated heterocycles. The highest BCUT2D eigenvalue weighted by molar-refractivity contribution is 5.97. The van der Waals surface area contributed by atoms with Crippen LogP contribution in [0.3, 0.4) is 0 Å². The Morgan fingerprint density at radius 2 is 1.28 bits per heavy atom. The van der Waals surface area contributed by atoms with Crippen molar-refractivity contribution < 1.29 is 10.2 Å². The van der Waals surface area contributed by atoms with Crippen LogP contribution in [0.5, 0.6) is 11.5 Å². The topological polar surface area (TPSA) is 40.5 Å². The highest BCUT2D eigenvalue weighted by atomic mass is 16.3. The second-order valence-corrected chi connectivity index (χ2v) is 9.54. The van der Waals surface area contributed by atoms with Crippen molar-refractivity contribution in [2.45, 2.75) is 109 Å². The van der Waals surface area contributed by atoms with E-state index < -0.39 is 0 Å². The largest absolute Gasteiger partial charge is 0.507 e. The molecular weight excluding hydrogens is 356 g/mol. The molecule has 2 aromatic carbocycles. The maximum absolute atomic E-state index is 11.0. The fraction of sp³-hybridized carbons (Fsp3) is 0.630. The molecule has 2 atom stereocenters. The van der Waals surface area contributed by atoms with Gasteiger partial charge in [-0.15, -0.1) is 0 Å². The number of unbranched alkanes of at least 4 members (excludes halogenated alkanes) is 9. The molecule has 29 heavy (non-hydrogen) atoms. The second-order valence-electron chi connectivity index (χ2n) is 9.54. The molecule has 2 N–H and O–H groups in total. The predicted octanol–water partition coefficient (Wildman–Crippen LogP) is 8.08. The smallest absolute Gasteiger partial charge is 0.127 e. The van der Waals surface area contributed by atoms with Gasteiger partial charge in [0.05, 0.1) is 0 Å². The van der Waals surface area contributed by atoms with Gasteiger partial charge < -0.3 is 10.2 Å². The van der Waals surface area contributed by atoms with E-state index in [1.54, 1.807) is 0 Å². The van der Waals surface area contributed by atoms with E-state index in [0.717, 1.165) is 47.6 Å². The lowest BCUT2D eigenvalue weighted by molar-refractivity contribution is 0.451. The van der Waals surface area contributed by atoms with Crippen LogP contribution in [0.25, 0.3) is 10.8 Å². The summed E-state index contributed by atoms with van der Waals surface area (Å²) in [5.74, 6) is 1.79. The van der Waals surface area contributed by atoms with E-state index in [2.05, 4.69) is 19.1 Å². The van der Waals surface area contributed by atoms with E-state index in [-0.39, 0.29) is 0 Å². The molecule has 0 aliphatic heterocycles. The number of aryl methyl sites for hydroxylation is 1. The van der Waals surface area contributed by atoms with Gasteiger partial charge in [0.15, 0.2) is 0 Å². The van der Waals surface area contributed by atoms with E-state index in [9.17, 15) is 10.2 Å². The van der Waals surface area contributed by atoms with E-state index in [4.69, 9.17) is 0 Å². The zero-order chi connectivity index (χ0) is 20.2. The average Bonchev–Trinajstić information content (AvgIpc) is 3.35. The normalized spacial score (nSPS) is 19.9. The van der Waals surface area contributed by atoms with Gasteiger partial charge >= 0.3 is 0 Å². The highest BCUT2D eigenvalue weighted by Gasteiger charge is 2.41. The van der Waals surface area contributed by atoms with Crippen LogP contribution < -0.4 is 0 Å². The summed E-state index contributed by atoms with van der Waals surface area (Å²) >= 11 is 0. The minimum atomic E-state index is 0.436. The van der Waals surface area contributed by atoms with Crippen LogP contribution in [0.15, 0.2) is 18.2 Å². The van der Waals surface area contributed by atoms with Crippen LogP contribution in [0.4, 0.5) is 0 Å².